The van der Waals surface area contributed by atoms with Gasteiger partial charge in [0, 0.05) is 17.5 Å². The van der Waals surface area contributed by atoms with E-state index in [9.17, 15) is 9.59 Å². The summed E-state index contributed by atoms with van der Waals surface area (Å²) in [6.07, 6.45) is 1.03. The third-order valence-corrected chi connectivity index (χ3v) is 4.09. The van der Waals surface area contributed by atoms with Gasteiger partial charge >= 0.3 is 5.97 Å². The van der Waals surface area contributed by atoms with Crippen LogP contribution in [0.1, 0.15) is 33.0 Å². The lowest BCUT2D eigenvalue weighted by Crippen LogP contribution is -2.22. The summed E-state index contributed by atoms with van der Waals surface area (Å²) in [7, 11) is 1.35. The third kappa shape index (κ3) is 4.66. The number of esters is 1. The highest BCUT2D eigenvalue weighted by atomic mass is 32.1. The second-order valence-corrected chi connectivity index (χ2v) is 5.79. The molecule has 0 spiro atoms. The molecule has 6 heteroatoms. The molecule has 1 amide bonds. The van der Waals surface area contributed by atoms with Gasteiger partial charge in [0.1, 0.15) is 5.01 Å². The summed E-state index contributed by atoms with van der Waals surface area (Å²) < 4.78 is 4.64. The third-order valence-electron chi connectivity index (χ3n) is 3.12. The molecule has 1 N–H and O–H groups in total. The van der Waals surface area contributed by atoms with Gasteiger partial charge in [-0.05, 0) is 31.0 Å². The van der Waals surface area contributed by atoms with Crippen molar-refractivity contribution in [3.63, 3.8) is 0 Å². The van der Waals surface area contributed by atoms with Gasteiger partial charge < -0.3 is 10.1 Å². The highest BCUT2D eigenvalue weighted by molar-refractivity contribution is 7.09. The van der Waals surface area contributed by atoms with Crippen molar-refractivity contribution in [3.8, 4) is 0 Å². The molecule has 2 rings (SSSR count). The summed E-state index contributed by atoms with van der Waals surface area (Å²) in [5, 5.41) is 5.73. The zero-order valence-corrected chi connectivity index (χ0v) is 13.4. The molecule has 0 aliphatic carbocycles. The molecule has 1 heterocycles. The lowest BCUT2D eigenvalue weighted by atomic mass is 10.1. The monoisotopic (exact) mass is 318 g/mol. The molecule has 2 aromatic rings. The normalized spacial score (nSPS) is 10.3. The molecule has 0 aliphatic heterocycles. The first-order chi connectivity index (χ1) is 10.6. The summed E-state index contributed by atoms with van der Waals surface area (Å²) in [6, 6.07) is 7.09. The standard InChI is InChI=1S/C16H18N2O3S/c1-11-10-22-15(18-11)9-17-14(19)8-5-12-3-6-13(7-4-12)16(20)21-2/h3-4,6-7,10H,5,8-9H2,1-2H3,(H,17,19). The van der Waals surface area contributed by atoms with E-state index >= 15 is 0 Å². The molecule has 1 aromatic carbocycles. The summed E-state index contributed by atoms with van der Waals surface area (Å²) in [5.74, 6) is -0.368. The van der Waals surface area contributed by atoms with E-state index in [2.05, 4.69) is 15.0 Å². The maximum atomic E-state index is 11.8. The topological polar surface area (TPSA) is 68.3 Å². The number of aromatic nitrogens is 1. The molecular weight excluding hydrogens is 300 g/mol. The number of thiazole rings is 1. The number of carbonyl (C=O) groups excluding carboxylic acids is 2. The number of nitrogens with zero attached hydrogens (tertiary/aromatic N) is 1. The summed E-state index contributed by atoms with van der Waals surface area (Å²) in [6.45, 7) is 2.40. The number of hydrogen-bond acceptors (Lipinski definition) is 5. The van der Waals surface area contributed by atoms with Crippen LogP contribution < -0.4 is 5.32 Å². The number of hydrogen-bond donors (Lipinski definition) is 1. The number of amides is 1. The maximum absolute atomic E-state index is 11.8. The van der Waals surface area contributed by atoms with Crippen LogP contribution in [0.4, 0.5) is 0 Å². The molecule has 0 aliphatic rings. The van der Waals surface area contributed by atoms with Gasteiger partial charge in [0.25, 0.3) is 0 Å². The molecule has 0 saturated carbocycles. The molecule has 1 aromatic heterocycles. The zero-order valence-electron chi connectivity index (χ0n) is 12.6. The Morgan fingerprint density at radius 1 is 1.27 bits per heavy atom. The fraction of sp³-hybridized carbons (Fsp3) is 0.312. The van der Waals surface area contributed by atoms with Crippen LogP contribution in [0.2, 0.25) is 0 Å². The molecule has 0 saturated heterocycles. The SMILES string of the molecule is COC(=O)c1ccc(CCC(=O)NCc2nc(C)cs2)cc1. The quantitative estimate of drug-likeness (QED) is 0.831. The van der Waals surface area contributed by atoms with Crippen LogP contribution in [0, 0.1) is 6.92 Å². The Bertz CT molecular complexity index is 650. The number of nitrogens with one attached hydrogen (secondary N) is 1. The molecule has 0 fully saturated rings. The van der Waals surface area contributed by atoms with Crippen molar-refractivity contribution >= 4 is 23.2 Å². The van der Waals surface area contributed by atoms with E-state index in [1.807, 2.05) is 24.4 Å². The van der Waals surface area contributed by atoms with Crippen molar-refractivity contribution in [3.05, 3.63) is 51.5 Å². The Hall–Kier alpha value is -2.21. The van der Waals surface area contributed by atoms with Crippen LogP contribution in [-0.2, 0) is 22.5 Å². The fourth-order valence-corrected chi connectivity index (χ4v) is 2.64. The largest absolute Gasteiger partial charge is 0.465 e. The Kier molecular flexibility index (Phi) is 5.66. The first kappa shape index (κ1) is 16.2. The van der Waals surface area contributed by atoms with Gasteiger partial charge in [0.15, 0.2) is 0 Å². The van der Waals surface area contributed by atoms with Crippen molar-refractivity contribution in [2.45, 2.75) is 26.3 Å². The minimum absolute atomic E-state index is 0.00935. The predicted molar refractivity (Wildman–Crippen MR) is 84.8 cm³/mol. The van der Waals surface area contributed by atoms with Crippen LogP contribution in [0.15, 0.2) is 29.6 Å². The van der Waals surface area contributed by atoms with Gasteiger partial charge in [-0.2, -0.15) is 0 Å². The van der Waals surface area contributed by atoms with Crippen molar-refractivity contribution < 1.29 is 14.3 Å². The van der Waals surface area contributed by atoms with Gasteiger partial charge in [-0.1, -0.05) is 12.1 Å². The highest BCUT2D eigenvalue weighted by Crippen LogP contribution is 2.09. The first-order valence-electron chi connectivity index (χ1n) is 6.93. The van der Waals surface area contributed by atoms with Crippen LogP contribution in [0.3, 0.4) is 0 Å². The van der Waals surface area contributed by atoms with E-state index < -0.39 is 0 Å². The molecular formula is C16H18N2O3S. The molecule has 0 radical (unpaired) electrons. The second-order valence-electron chi connectivity index (χ2n) is 4.85. The number of ether oxygens (including phenoxy) is 1. The van der Waals surface area contributed by atoms with Gasteiger partial charge in [-0.3, -0.25) is 4.79 Å². The average molecular weight is 318 g/mol. The van der Waals surface area contributed by atoms with Gasteiger partial charge in [0.05, 0.1) is 19.2 Å². The Balaban J connectivity index is 1.77. The molecule has 22 heavy (non-hydrogen) atoms. The van der Waals surface area contributed by atoms with Crippen LogP contribution >= 0.6 is 11.3 Å². The zero-order chi connectivity index (χ0) is 15.9. The predicted octanol–water partition coefficient (Wildman–Crippen LogP) is 2.49. The molecule has 116 valence electrons. The number of methoxy groups -OCH3 is 1. The van der Waals surface area contributed by atoms with E-state index in [1.165, 1.54) is 7.11 Å². The maximum Gasteiger partial charge on any atom is 0.337 e. The Labute approximate surface area is 133 Å². The lowest BCUT2D eigenvalue weighted by Gasteiger charge is -2.04. The van der Waals surface area contributed by atoms with Crippen molar-refractivity contribution in [1.29, 1.82) is 0 Å². The number of carbonyl (C=O) groups is 2. The molecule has 0 unspecified atom stereocenters. The number of benzene rings is 1. The number of rotatable bonds is 6. The van der Waals surface area contributed by atoms with Gasteiger partial charge in [0.2, 0.25) is 5.91 Å². The van der Waals surface area contributed by atoms with Crippen molar-refractivity contribution in [2.75, 3.05) is 7.11 Å². The molecule has 5 nitrogen and oxygen atoms in total. The van der Waals surface area contributed by atoms with Gasteiger partial charge in [-0.15, -0.1) is 11.3 Å². The molecule has 0 bridgehead atoms. The molecule has 0 atom stereocenters. The van der Waals surface area contributed by atoms with Crippen LogP contribution in [-0.4, -0.2) is 24.0 Å². The fourth-order valence-electron chi connectivity index (χ4n) is 1.93. The minimum atomic E-state index is -0.358. The van der Waals surface area contributed by atoms with Crippen LogP contribution in [0.5, 0.6) is 0 Å². The Morgan fingerprint density at radius 3 is 2.59 bits per heavy atom. The Morgan fingerprint density at radius 2 is 2.00 bits per heavy atom. The van der Waals surface area contributed by atoms with Crippen LogP contribution in [0.25, 0.3) is 0 Å². The summed E-state index contributed by atoms with van der Waals surface area (Å²) in [4.78, 5) is 27.4. The number of aryl methyl sites for hydroxylation is 2. The smallest absolute Gasteiger partial charge is 0.337 e. The lowest BCUT2D eigenvalue weighted by molar-refractivity contribution is -0.121. The van der Waals surface area contributed by atoms with E-state index in [-0.39, 0.29) is 11.9 Å². The van der Waals surface area contributed by atoms with Crippen molar-refractivity contribution in [1.82, 2.24) is 10.3 Å². The summed E-state index contributed by atoms with van der Waals surface area (Å²) >= 11 is 1.54. The summed E-state index contributed by atoms with van der Waals surface area (Å²) in [5.41, 5.74) is 2.49. The van der Waals surface area contributed by atoms with E-state index in [1.54, 1.807) is 23.5 Å². The van der Waals surface area contributed by atoms with E-state index in [0.717, 1.165) is 16.3 Å². The van der Waals surface area contributed by atoms with Gasteiger partial charge in [-0.25, -0.2) is 9.78 Å². The second kappa shape index (κ2) is 7.70. The first-order valence-corrected chi connectivity index (χ1v) is 7.81. The average Bonchev–Trinajstić information content (AvgIpc) is 2.96. The van der Waals surface area contributed by atoms with E-state index in [4.69, 9.17) is 0 Å². The van der Waals surface area contributed by atoms with Crippen molar-refractivity contribution in [2.24, 2.45) is 0 Å². The van der Waals surface area contributed by atoms with E-state index in [0.29, 0.717) is 24.9 Å². The minimum Gasteiger partial charge on any atom is -0.465 e. The highest BCUT2D eigenvalue weighted by Gasteiger charge is 2.07.